The van der Waals surface area contributed by atoms with Crippen LogP contribution in [0.3, 0.4) is 0 Å². The van der Waals surface area contributed by atoms with Gasteiger partial charge in [-0.15, -0.1) is 10.2 Å². The van der Waals surface area contributed by atoms with Crippen molar-refractivity contribution in [2.24, 2.45) is 0 Å². The van der Waals surface area contributed by atoms with Crippen LogP contribution in [0.25, 0.3) is 11.6 Å². The monoisotopic (exact) mass is 389 g/mol. The molecule has 0 aliphatic heterocycles. The van der Waals surface area contributed by atoms with Crippen molar-refractivity contribution in [1.82, 2.24) is 10.2 Å². The average Bonchev–Trinajstić information content (AvgIpc) is 3.22. The van der Waals surface area contributed by atoms with E-state index >= 15 is 0 Å². The molecule has 2 aromatic carbocycles. The minimum absolute atomic E-state index is 0.165. The largest absolute Gasteiger partial charge is 0.296 e. The summed E-state index contributed by atoms with van der Waals surface area (Å²) in [6.45, 7) is 0. The van der Waals surface area contributed by atoms with E-state index in [4.69, 9.17) is 0 Å². The molecule has 0 bridgehead atoms. The van der Waals surface area contributed by atoms with Crippen LogP contribution in [-0.2, 0) is 4.79 Å². The molecule has 1 heterocycles. The van der Waals surface area contributed by atoms with Gasteiger partial charge in [0.15, 0.2) is 0 Å². The van der Waals surface area contributed by atoms with E-state index in [1.165, 1.54) is 43.4 Å². The Hall–Kier alpha value is -2.79. The number of hydrogen-bond donors (Lipinski definition) is 1. The Morgan fingerprint density at radius 1 is 0.929 bits per heavy atom. The van der Waals surface area contributed by atoms with E-state index in [0.29, 0.717) is 16.6 Å². The molecule has 3 aromatic rings. The van der Waals surface area contributed by atoms with Crippen LogP contribution in [0, 0.1) is 0 Å². The van der Waals surface area contributed by atoms with Crippen LogP contribution in [0.15, 0.2) is 60.7 Å². The SMILES string of the molecule is O=C(Nc1nnc(C2CCCCC2)s1)C(=Cc1ccccc1)c1ccccc1. The van der Waals surface area contributed by atoms with E-state index < -0.39 is 0 Å². The fraction of sp³-hybridized carbons (Fsp3) is 0.261. The average molecular weight is 390 g/mol. The molecule has 0 saturated heterocycles. The van der Waals surface area contributed by atoms with Crippen LogP contribution >= 0.6 is 11.3 Å². The van der Waals surface area contributed by atoms with Gasteiger partial charge in [0.25, 0.3) is 5.91 Å². The first-order chi connectivity index (χ1) is 13.8. The maximum atomic E-state index is 13.1. The highest BCUT2D eigenvalue weighted by atomic mass is 32.1. The van der Waals surface area contributed by atoms with Crippen LogP contribution < -0.4 is 5.32 Å². The molecule has 28 heavy (non-hydrogen) atoms. The third-order valence-corrected chi connectivity index (χ3v) is 6.06. The summed E-state index contributed by atoms with van der Waals surface area (Å²) < 4.78 is 0. The van der Waals surface area contributed by atoms with Gasteiger partial charge >= 0.3 is 0 Å². The predicted octanol–water partition coefficient (Wildman–Crippen LogP) is 5.77. The molecular formula is C23H23N3OS. The van der Waals surface area contributed by atoms with E-state index in [1.807, 2.05) is 66.7 Å². The van der Waals surface area contributed by atoms with Crippen molar-refractivity contribution in [3.63, 3.8) is 0 Å². The minimum atomic E-state index is -0.165. The Morgan fingerprint density at radius 3 is 2.32 bits per heavy atom. The van der Waals surface area contributed by atoms with Gasteiger partial charge in [-0.2, -0.15) is 0 Å². The molecule has 0 radical (unpaired) electrons. The van der Waals surface area contributed by atoms with Crippen molar-refractivity contribution < 1.29 is 4.79 Å². The second-order valence-corrected chi connectivity index (χ2v) is 8.08. The Kier molecular flexibility index (Phi) is 5.92. The second kappa shape index (κ2) is 8.93. The maximum absolute atomic E-state index is 13.1. The standard InChI is InChI=1S/C23H23N3OS/c27-21(24-23-26-25-22(28-23)19-14-8-3-9-15-19)20(18-12-6-2-7-13-18)16-17-10-4-1-5-11-17/h1-2,4-7,10-13,16,19H,3,8-9,14-15H2,(H,24,26,27). The van der Waals surface area contributed by atoms with Crippen LogP contribution in [-0.4, -0.2) is 16.1 Å². The number of rotatable bonds is 5. The van der Waals surface area contributed by atoms with Gasteiger partial charge in [0.1, 0.15) is 5.01 Å². The van der Waals surface area contributed by atoms with Crippen LogP contribution in [0.5, 0.6) is 0 Å². The second-order valence-electron chi connectivity index (χ2n) is 7.07. The number of nitrogens with zero attached hydrogens (tertiary/aromatic N) is 2. The van der Waals surface area contributed by atoms with Gasteiger partial charge in [-0.05, 0) is 30.0 Å². The molecule has 1 aliphatic rings. The molecule has 1 N–H and O–H groups in total. The van der Waals surface area contributed by atoms with Gasteiger partial charge in [0.2, 0.25) is 5.13 Å². The molecular weight excluding hydrogens is 366 g/mol. The van der Waals surface area contributed by atoms with E-state index in [1.54, 1.807) is 0 Å². The molecule has 1 saturated carbocycles. The molecule has 1 amide bonds. The van der Waals surface area contributed by atoms with Crippen LogP contribution in [0.1, 0.15) is 54.2 Å². The number of benzene rings is 2. The number of carbonyl (C=O) groups is 1. The Morgan fingerprint density at radius 2 is 1.61 bits per heavy atom. The number of aromatic nitrogens is 2. The molecule has 0 spiro atoms. The van der Waals surface area contributed by atoms with Crippen molar-refractivity contribution in [2.45, 2.75) is 38.0 Å². The summed E-state index contributed by atoms with van der Waals surface area (Å²) in [6.07, 6.45) is 8.07. The van der Waals surface area contributed by atoms with Gasteiger partial charge in [-0.25, -0.2) is 0 Å². The molecule has 1 aromatic heterocycles. The quantitative estimate of drug-likeness (QED) is 0.445. The highest BCUT2D eigenvalue weighted by Crippen LogP contribution is 2.35. The molecule has 0 atom stereocenters. The molecule has 0 unspecified atom stereocenters. The summed E-state index contributed by atoms with van der Waals surface area (Å²) in [7, 11) is 0. The topological polar surface area (TPSA) is 54.9 Å². The highest BCUT2D eigenvalue weighted by molar-refractivity contribution is 7.15. The zero-order valence-electron chi connectivity index (χ0n) is 15.7. The zero-order chi connectivity index (χ0) is 19.2. The van der Waals surface area contributed by atoms with Crippen molar-refractivity contribution in [3.8, 4) is 0 Å². The lowest BCUT2D eigenvalue weighted by Crippen LogP contribution is -2.13. The third kappa shape index (κ3) is 4.54. The number of nitrogens with one attached hydrogen (secondary N) is 1. The van der Waals surface area contributed by atoms with E-state index in [0.717, 1.165) is 16.1 Å². The van der Waals surface area contributed by atoms with Crippen molar-refractivity contribution >= 4 is 34.0 Å². The normalized spacial score (nSPS) is 15.4. The summed E-state index contributed by atoms with van der Waals surface area (Å²) in [6, 6.07) is 19.6. The van der Waals surface area contributed by atoms with Crippen molar-refractivity contribution in [3.05, 3.63) is 76.8 Å². The lowest BCUT2D eigenvalue weighted by atomic mass is 9.90. The number of amides is 1. The number of hydrogen-bond acceptors (Lipinski definition) is 4. The molecule has 142 valence electrons. The van der Waals surface area contributed by atoms with Gasteiger partial charge in [-0.3, -0.25) is 10.1 Å². The Bertz CT molecular complexity index is 944. The summed E-state index contributed by atoms with van der Waals surface area (Å²) >= 11 is 1.51. The van der Waals surface area contributed by atoms with Gasteiger partial charge < -0.3 is 0 Å². The summed E-state index contributed by atoms with van der Waals surface area (Å²) in [5.74, 6) is 0.326. The lowest BCUT2D eigenvalue weighted by Gasteiger charge is -2.18. The molecule has 1 fully saturated rings. The van der Waals surface area contributed by atoms with Gasteiger partial charge in [0.05, 0.1) is 0 Å². The predicted molar refractivity (Wildman–Crippen MR) is 115 cm³/mol. The lowest BCUT2D eigenvalue weighted by molar-refractivity contribution is -0.111. The zero-order valence-corrected chi connectivity index (χ0v) is 16.5. The summed E-state index contributed by atoms with van der Waals surface area (Å²) in [5.41, 5.74) is 2.47. The smallest absolute Gasteiger partial charge is 0.258 e. The van der Waals surface area contributed by atoms with E-state index in [-0.39, 0.29) is 5.91 Å². The summed E-state index contributed by atoms with van der Waals surface area (Å²) in [5, 5.41) is 13.1. The van der Waals surface area contributed by atoms with Crippen LogP contribution in [0.4, 0.5) is 5.13 Å². The molecule has 4 nitrogen and oxygen atoms in total. The molecule has 1 aliphatic carbocycles. The molecule has 4 rings (SSSR count). The first-order valence-corrected chi connectivity index (χ1v) is 10.6. The fourth-order valence-electron chi connectivity index (χ4n) is 3.58. The highest BCUT2D eigenvalue weighted by Gasteiger charge is 2.21. The first-order valence-electron chi connectivity index (χ1n) is 9.76. The maximum Gasteiger partial charge on any atom is 0.258 e. The summed E-state index contributed by atoms with van der Waals surface area (Å²) in [4.78, 5) is 13.1. The van der Waals surface area contributed by atoms with Gasteiger partial charge in [-0.1, -0.05) is 91.3 Å². The van der Waals surface area contributed by atoms with Gasteiger partial charge in [0, 0.05) is 11.5 Å². The van der Waals surface area contributed by atoms with E-state index in [2.05, 4.69) is 15.5 Å². The number of carbonyl (C=O) groups excluding carboxylic acids is 1. The first kappa shape index (κ1) is 18.6. The number of anilines is 1. The third-order valence-electron chi connectivity index (χ3n) is 5.06. The Labute approximate surface area is 169 Å². The fourth-order valence-corrected chi connectivity index (χ4v) is 4.49. The van der Waals surface area contributed by atoms with Crippen LogP contribution in [0.2, 0.25) is 0 Å². The minimum Gasteiger partial charge on any atom is -0.296 e. The van der Waals surface area contributed by atoms with Crippen molar-refractivity contribution in [2.75, 3.05) is 5.32 Å². The van der Waals surface area contributed by atoms with Crippen molar-refractivity contribution in [1.29, 1.82) is 0 Å². The van der Waals surface area contributed by atoms with E-state index in [9.17, 15) is 4.79 Å². The molecule has 5 heteroatoms. The Balaban J connectivity index is 1.56.